The number of hydrogen-bond acceptors (Lipinski definition) is 1. The van der Waals surface area contributed by atoms with E-state index in [4.69, 9.17) is 0 Å². The Morgan fingerprint density at radius 1 is 1.12 bits per heavy atom. The molecule has 0 aliphatic carbocycles. The smallest absolute Gasteiger partial charge is 0.194 e. The molecule has 3 nitrogen and oxygen atoms in total. The Kier molecular flexibility index (Phi) is 1.94. The lowest BCUT2D eigenvalue weighted by Gasteiger charge is -1.94. The van der Waals surface area contributed by atoms with Gasteiger partial charge in [0.15, 0.2) is 5.43 Å². The van der Waals surface area contributed by atoms with Gasteiger partial charge in [-0.05, 0) is 41.1 Å². The highest BCUT2D eigenvalue weighted by atomic mass is 79.9. The van der Waals surface area contributed by atoms with Crippen LogP contribution in [0.1, 0.15) is 5.69 Å². The van der Waals surface area contributed by atoms with Crippen LogP contribution in [0.4, 0.5) is 0 Å². The van der Waals surface area contributed by atoms with Gasteiger partial charge in [0, 0.05) is 22.7 Å². The molecule has 16 heavy (non-hydrogen) atoms. The van der Waals surface area contributed by atoms with Gasteiger partial charge < -0.3 is 9.97 Å². The summed E-state index contributed by atoms with van der Waals surface area (Å²) in [4.78, 5) is 17.9. The first-order valence-corrected chi connectivity index (χ1v) is 5.76. The number of aromatic amines is 2. The van der Waals surface area contributed by atoms with Crippen LogP contribution in [-0.2, 0) is 0 Å². The Morgan fingerprint density at radius 2 is 1.88 bits per heavy atom. The van der Waals surface area contributed by atoms with Gasteiger partial charge in [-0.15, -0.1) is 0 Å². The van der Waals surface area contributed by atoms with E-state index in [9.17, 15) is 4.79 Å². The first kappa shape index (κ1) is 9.66. The minimum atomic E-state index is 0.000638. The van der Waals surface area contributed by atoms with Crippen LogP contribution in [0.3, 0.4) is 0 Å². The Labute approximate surface area is 99.6 Å². The molecule has 80 valence electrons. The average Bonchev–Trinajstić information content (AvgIpc) is 2.65. The molecular formula is C12H9BrN2O. The maximum atomic E-state index is 11.5. The van der Waals surface area contributed by atoms with E-state index >= 15 is 0 Å². The van der Waals surface area contributed by atoms with E-state index in [1.54, 1.807) is 6.07 Å². The largest absolute Gasteiger partial charge is 0.364 e. The summed E-state index contributed by atoms with van der Waals surface area (Å²) in [6, 6.07) is 5.46. The second kappa shape index (κ2) is 3.22. The number of aryl methyl sites for hydroxylation is 1. The van der Waals surface area contributed by atoms with Gasteiger partial charge in [0.25, 0.3) is 0 Å². The first-order chi connectivity index (χ1) is 7.68. The average molecular weight is 277 g/mol. The Balaban J connectivity index is 2.66. The topological polar surface area (TPSA) is 48.6 Å². The van der Waals surface area contributed by atoms with Crippen LogP contribution in [-0.4, -0.2) is 9.97 Å². The monoisotopic (exact) mass is 276 g/mol. The Hall–Kier alpha value is -1.55. The number of aromatic nitrogens is 2. The number of nitrogens with one attached hydrogen (secondary N) is 2. The van der Waals surface area contributed by atoms with Crippen LogP contribution < -0.4 is 5.43 Å². The molecule has 0 bridgehead atoms. The van der Waals surface area contributed by atoms with Crippen molar-refractivity contribution in [1.29, 1.82) is 0 Å². The van der Waals surface area contributed by atoms with E-state index in [-0.39, 0.29) is 5.43 Å². The van der Waals surface area contributed by atoms with Crippen LogP contribution in [0.25, 0.3) is 21.8 Å². The van der Waals surface area contributed by atoms with Gasteiger partial charge in [-0.1, -0.05) is 0 Å². The lowest BCUT2D eigenvalue weighted by molar-refractivity contribution is 1.22. The molecule has 0 saturated heterocycles. The van der Waals surface area contributed by atoms with Crippen molar-refractivity contribution in [3.05, 3.63) is 44.8 Å². The normalized spacial score (nSPS) is 11.4. The van der Waals surface area contributed by atoms with Crippen molar-refractivity contribution >= 4 is 37.7 Å². The predicted molar refractivity (Wildman–Crippen MR) is 68.9 cm³/mol. The van der Waals surface area contributed by atoms with Gasteiger partial charge in [0.1, 0.15) is 0 Å². The summed E-state index contributed by atoms with van der Waals surface area (Å²) in [5, 5.41) is 2.20. The molecule has 0 saturated carbocycles. The van der Waals surface area contributed by atoms with Crippen molar-refractivity contribution in [2.24, 2.45) is 0 Å². The molecule has 0 spiro atoms. The zero-order valence-corrected chi connectivity index (χ0v) is 10.2. The van der Waals surface area contributed by atoms with E-state index in [1.807, 2.05) is 25.3 Å². The minimum absolute atomic E-state index is 0.000638. The first-order valence-electron chi connectivity index (χ1n) is 4.96. The number of H-pyrrole nitrogens is 2. The van der Waals surface area contributed by atoms with Crippen molar-refractivity contribution in [1.82, 2.24) is 9.97 Å². The van der Waals surface area contributed by atoms with Crippen molar-refractivity contribution in [2.75, 3.05) is 0 Å². The van der Waals surface area contributed by atoms with Crippen LogP contribution in [0.15, 0.2) is 33.7 Å². The molecule has 0 aliphatic heterocycles. The minimum Gasteiger partial charge on any atom is -0.364 e. The lowest BCUT2D eigenvalue weighted by Crippen LogP contribution is -1.98. The summed E-state index contributed by atoms with van der Waals surface area (Å²) in [6.45, 7) is 2.00. The summed E-state index contributed by atoms with van der Waals surface area (Å²) in [6.07, 6.45) is 1.91. The van der Waals surface area contributed by atoms with E-state index in [0.717, 1.165) is 27.5 Å². The molecule has 3 aromatic rings. The van der Waals surface area contributed by atoms with Crippen molar-refractivity contribution in [2.45, 2.75) is 6.92 Å². The molecule has 0 unspecified atom stereocenters. The second-order valence-corrected chi connectivity index (χ2v) is 4.61. The highest BCUT2D eigenvalue weighted by Crippen LogP contribution is 2.28. The third-order valence-corrected chi connectivity index (χ3v) is 3.63. The molecule has 0 aliphatic rings. The fourth-order valence-electron chi connectivity index (χ4n) is 2.02. The fourth-order valence-corrected chi connectivity index (χ4v) is 2.47. The number of halogens is 1. The van der Waals surface area contributed by atoms with Gasteiger partial charge in [-0.25, -0.2) is 0 Å². The molecule has 0 atom stereocenters. The van der Waals surface area contributed by atoms with Gasteiger partial charge in [0.05, 0.1) is 15.5 Å². The molecule has 1 aromatic carbocycles. The number of fused-ring (bicyclic) bond motifs is 3. The molecule has 2 heterocycles. The van der Waals surface area contributed by atoms with Gasteiger partial charge in [-0.2, -0.15) is 0 Å². The summed E-state index contributed by atoms with van der Waals surface area (Å²) >= 11 is 3.33. The highest BCUT2D eigenvalue weighted by molar-refractivity contribution is 9.10. The van der Waals surface area contributed by atoms with Crippen LogP contribution in [0.5, 0.6) is 0 Å². The summed E-state index contributed by atoms with van der Waals surface area (Å²) in [5.41, 5.74) is 2.97. The summed E-state index contributed by atoms with van der Waals surface area (Å²) in [7, 11) is 0. The zero-order valence-electron chi connectivity index (χ0n) is 8.60. The maximum absolute atomic E-state index is 11.5. The predicted octanol–water partition coefficient (Wildman–Crippen LogP) is 3.08. The summed E-state index contributed by atoms with van der Waals surface area (Å²) < 4.78 is 0.598. The number of pyridine rings is 1. The van der Waals surface area contributed by atoms with Crippen molar-refractivity contribution in [3.63, 3.8) is 0 Å². The van der Waals surface area contributed by atoms with E-state index in [1.165, 1.54) is 0 Å². The second-order valence-electron chi connectivity index (χ2n) is 3.82. The molecule has 4 heteroatoms. The van der Waals surface area contributed by atoms with E-state index in [0.29, 0.717) is 4.47 Å². The number of benzene rings is 1. The lowest BCUT2D eigenvalue weighted by atomic mass is 10.2. The van der Waals surface area contributed by atoms with Crippen molar-refractivity contribution < 1.29 is 0 Å². The molecule has 0 amide bonds. The Morgan fingerprint density at radius 3 is 2.69 bits per heavy atom. The standard InChI is InChI=1S/C12H9BrN2O/c1-6-11-8(4-5-14-6)7-2-3-9(16)10(13)12(7)15-11/h2-5,14-15H,1H3. The highest BCUT2D eigenvalue weighted by Gasteiger charge is 2.09. The van der Waals surface area contributed by atoms with E-state index in [2.05, 4.69) is 25.9 Å². The van der Waals surface area contributed by atoms with Gasteiger partial charge in [0.2, 0.25) is 0 Å². The summed E-state index contributed by atoms with van der Waals surface area (Å²) in [5.74, 6) is 0. The van der Waals surface area contributed by atoms with Crippen LogP contribution >= 0.6 is 15.9 Å². The quantitative estimate of drug-likeness (QED) is 0.651. The van der Waals surface area contributed by atoms with Crippen molar-refractivity contribution in [3.8, 4) is 0 Å². The molecule has 0 radical (unpaired) electrons. The molecule has 3 rings (SSSR count). The SMILES string of the molecule is Cc1[nH]ccc2c1[nH]c1c(Br)c(=O)ccc12. The third-order valence-electron chi connectivity index (χ3n) is 2.84. The van der Waals surface area contributed by atoms with Crippen LogP contribution in [0.2, 0.25) is 0 Å². The van der Waals surface area contributed by atoms with Gasteiger partial charge >= 0.3 is 0 Å². The van der Waals surface area contributed by atoms with E-state index < -0.39 is 0 Å². The third kappa shape index (κ3) is 1.16. The number of rotatable bonds is 0. The maximum Gasteiger partial charge on any atom is 0.194 e. The molecule has 2 aromatic heterocycles. The van der Waals surface area contributed by atoms with Gasteiger partial charge in [-0.3, -0.25) is 4.79 Å². The number of hydrogen-bond donors (Lipinski definition) is 2. The fraction of sp³-hybridized carbons (Fsp3) is 0.0833. The molecule has 2 N–H and O–H groups in total. The Bertz CT molecular complexity index is 755. The zero-order chi connectivity index (χ0) is 11.3. The molecule has 0 fully saturated rings. The molecular weight excluding hydrogens is 268 g/mol. The van der Waals surface area contributed by atoms with Crippen LogP contribution in [0, 0.1) is 6.92 Å².